The predicted octanol–water partition coefficient (Wildman–Crippen LogP) is 2.58. The monoisotopic (exact) mass is 268 g/mol. The average molecular weight is 269 g/mol. The lowest BCUT2D eigenvalue weighted by Crippen LogP contribution is -2.29. The van der Waals surface area contributed by atoms with Gasteiger partial charge >= 0.3 is 0 Å². The van der Waals surface area contributed by atoms with Crippen molar-refractivity contribution in [3.8, 4) is 0 Å². The molecule has 0 saturated carbocycles. The summed E-state index contributed by atoms with van der Waals surface area (Å²) in [5.41, 5.74) is 0. The summed E-state index contributed by atoms with van der Waals surface area (Å²) in [6.45, 7) is 9.69. The van der Waals surface area contributed by atoms with Gasteiger partial charge in [0.2, 0.25) is 0 Å². The zero-order valence-corrected chi connectivity index (χ0v) is 12.0. The minimum absolute atomic E-state index is 0.500. The predicted molar refractivity (Wildman–Crippen MR) is 75.1 cm³/mol. The molecule has 2 heterocycles. The number of halogens is 1. The summed E-state index contributed by atoms with van der Waals surface area (Å²) >= 11 is 5.91. The van der Waals surface area contributed by atoms with Gasteiger partial charge in [-0.2, -0.15) is 0 Å². The normalized spacial score (nSPS) is 20.6. The highest BCUT2D eigenvalue weighted by molar-refractivity contribution is 6.29. The van der Waals surface area contributed by atoms with E-state index in [-0.39, 0.29) is 0 Å². The number of hydrogen-bond donors (Lipinski definition) is 1. The Morgan fingerprint density at radius 1 is 1.50 bits per heavy atom. The summed E-state index contributed by atoms with van der Waals surface area (Å²) in [5.74, 6) is 2.23. The third-order valence-electron chi connectivity index (χ3n) is 3.43. The first-order valence-electron chi connectivity index (χ1n) is 6.53. The molecule has 2 rings (SSSR count). The summed E-state index contributed by atoms with van der Waals surface area (Å²) < 4.78 is 0. The maximum atomic E-state index is 5.91. The standard InChI is InChI=1S/C13H21ClN4/c1-9(2)18-5-4-11(8-18)7-15-13-6-12(14)16-10(3)17-13/h6,9,11H,4-5,7-8H2,1-3H3,(H,15,16,17). The van der Waals surface area contributed by atoms with Crippen LogP contribution in [0, 0.1) is 12.8 Å². The SMILES string of the molecule is Cc1nc(Cl)cc(NCC2CCN(C(C)C)C2)n1. The van der Waals surface area contributed by atoms with Crippen molar-refractivity contribution in [3.63, 3.8) is 0 Å². The lowest BCUT2D eigenvalue weighted by molar-refractivity contribution is 0.266. The lowest BCUT2D eigenvalue weighted by Gasteiger charge is -2.20. The molecular weight excluding hydrogens is 248 g/mol. The molecule has 5 heteroatoms. The highest BCUT2D eigenvalue weighted by atomic mass is 35.5. The second-order valence-electron chi connectivity index (χ2n) is 5.25. The third kappa shape index (κ3) is 3.56. The zero-order valence-electron chi connectivity index (χ0n) is 11.3. The van der Waals surface area contributed by atoms with E-state index in [1.54, 1.807) is 6.07 Å². The molecule has 1 aliphatic heterocycles. The highest BCUT2D eigenvalue weighted by Crippen LogP contribution is 2.19. The van der Waals surface area contributed by atoms with Crippen molar-refractivity contribution < 1.29 is 0 Å². The molecule has 0 bridgehead atoms. The van der Waals surface area contributed by atoms with Crippen molar-refractivity contribution in [2.45, 2.75) is 33.2 Å². The Morgan fingerprint density at radius 2 is 2.28 bits per heavy atom. The van der Waals surface area contributed by atoms with E-state index in [9.17, 15) is 0 Å². The Hall–Kier alpha value is -0.870. The maximum absolute atomic E-state index is 5.91. The van der Waals surface area contributed by atoms with Gasteiger partial charge in [0.15, 0.2) is 0 Å². The van der Waals surface area contributed by atoms with Gasteiger partial charge in [-0.15, -0.1) is 0 Å². The molecule has 1 fully saturated rings. The van der Waals surface area contributed by atoms with Crippen molar-refractivity contribution in [1.82, 2.24) is 14.9 Å². The van der Waals surface area contributed by atoms with Crippen LogP contribution in [0.25, 0.3) is 0 Å². The molecule has 1 aromatic heterocycles. The Kier molecular flexibility index (Phi) is 4.40. The largest absolute Gasteiger partial charge is 0.370 e. The fourth-order valence-electron chi connectivity index (χ4n) is 2.37. The van der Waals surface area contributed by atoms with Crippen molar-refractivity contribution in [3.05, 3.63) is 17.0 Å². The molecule has 100 valence electrons. The molecule has 1 N–H and O–H groups in total. The smallest absolute Gasteiger partial charge is 0.134 e. The first kappa shape index (κ1) is 13.6. The number of likely N-dealkylation sites (tertiary alicyclic amines) is 1. The van der Waals surface area contributed by atoms with Crippen molar-refractivity contribution in [1.29, 1.82) is 0 Å². The van der Waals surface area contributed by atoms with Gasteiger partial charge in [-0.05, 0) is 39.7 Å². The molecule has 1 saturated heterocycles. The Morgan fingerprint density at radius 3 is 2.89 bits per heavy atom. The van der Waals surface area contributed by atoms with Gasteiger partial charge in [0.25, 0.3) is 0 Å². The van der Waals surface area contributed by atoms with Crippen LogP contribution in [0.4, 0.5) is 5.82 Å². The summed E-state index contributed by atoms with van der Waals surface area (Å²) in [7, 11) is 0. The molecule has 18 heavy (non-hydrogen) atoms. The van der Waals surface area contributed by atoms with Crippen LogP contribution in [0.15, 0.2) is 6.07 Å². The van der Waals surface area contributed by atoms with Crippen molar-refractivity contribution in [2.24, 2.45) is 5.92 Å². The summed E-state index contributed by atoms with van der Waals surface area (Å²) in [5, 5.41) is 3.87. The van der Waals surface area contributed by atoms with Crippen LogP contribution < -0.4 is 5.32 Å². The summed E-state index contributed by atoms with van der Waals surface area (Å²) in [4.78, 5) is 10.9. The first-order valence-corrected chi connectivity index (χ1v) is 6.91. The Labute approximate surface area is 114 Å². The molecule has 0 amide bonds. The van der Waals surface area contributed by atoms with Crippen LogP contribution in [0.5, 0.6) is 0 Å². The number of nitrogens with zero attached hydrogens (tertiary/aromatic N) is 3. The molecule has 0 aromatic carbocycles. The highest BCUT2D eigenvalue weighted by Gasteiger charge is 2.23. The minimum atomic E-state index is 0.500. The van der Waals surface area contributed by atoms with E-state index in [0.717, 1.165) is 12.4 Å². The van der Waals surface area contributed by atoms with E-state index in [2.05, 4.69) is 34.0 Å². The summed E-state index contributed by atoms with van der Waals surface area (Å²) in [6.07, 6.45) is 1.25. The van der Waals surface area contributed by atoms with Crippen LogP contribution in [0.3, 0.4) is 0 Å². The van der Waals surface area contributed by atoms with E-state index in [0.29, 0.717) is 22.9 Å². The molecule has 1 aliphatic rings. The van der Waals surface area contributed by atoms with Gasteiger partial charge in [0, 0.05) is 25.2 Å². The van der Waals surface area contributed by atoms with E-state index in [1.807, 2.05) is 6.92 Å². The van der Waals surface area contributed by atoms with E-state index >= 15 is 0 Å². The van der Waals surface area contributed by atoms with Gasteiger partial charge in [-0.3, -0.25) is 0 Å². The molecule has 0 radical (unpaired) electrons. The molecule has 0 aliphatic carbocycles. The number of hydrogen-bond acceptors (Lipinski definition) is 4. The van der Waals surface area contributed by atoms with Crippen LogP contribution in [-0.4, -0.2) is 40.5 Å². The first-order chi connectivity index (χ1) is 8.54. The molecule has 1 aromatic rings. The fraction of sp³-hybridized carbons (Fsp3) is 0.692. The minimum Gasteiger partial charge on any atom is -0.370 e. The Balaban J connectivity index is 1.85. The fourth-order valence-corrected chi connectivity index (χ4v) is 2.59. The van der Waals surface area contributed by atoms with Crippen molar-refractivity contribution >= 4 is 17.4 Å². The third-order valence-corrected chi connectivity index (χ3v) is 3.62. The number of rotatable bonds is 4. The van der Waals surface area contributed by atoms with Gasteiger partial charge in [-0.1, -0.05) is 11.6 Å². The number of anilines is 1. The molecule has 1 unspecified atom stereocenters. The molecule has 0 spiro atoms. The van der Waals surface area contributed by atoms with Gasteiger partial charge in [0.1, 0.15) is 16.8 Å². The second-order valence-corrected chi connectivity index (χ2v) is 5.63. The van der Waals surface area contributed by atoms with Crippen LogP contribution >= 0.6 is 11.6 Å². The van der Waals surface area contributed by atoms with E-state index in [4.69, 9.17) is 11.6 Å². The van der Waals surface area contributed by atoms with Crippen LogP contribution in [0.2, 0.25) is 5.15 Å². The quantitative estimate of drug-likeness (QED) is 0.853. The topological polar surface area (TPSA) is 41.1 Å². The number of aromatic nitrogens is 2. The second kappa shape index (κ2) is 5.85. The van der Waals surface area contributed by atoms with E-state index < -0.39 is 0 Å². The lowest BCUT2D eigenvalue weighted by atomic mass is 10.1. The van der Waals surface area contributed by atoms with Crippen molar-refractivity contribution in [2.75, 3.05) is 25.0 Å². The number of aryl methyl sites for hydroxylation is 1. The van der Waals surface area contributed by atoms with Gasteiger partial charge in [0.05, 0.1) is 0 Å². The maximum Gasteiger partial charge on any atom is 0.134 e. The van der Waals surface area contributed by atoms with E-state index in [1.165, 1.54) is 19.5 Å². The molecule has 1 atom stereocenters. The Bertz CT molecular complexity index is 388. The molecular formula is C13H21ClN4. The van der Waals surface area contributed by atoms with Crippen LogP contribution in [0.1, 0.15) is 26.1 Å². The van der Waals surface area contributed by atoms with Gasteiger partial charge < -0.3 is 10.2 Å². The number of nitrogens with one attached hydrogen (secondary N) is 1. The zero-order chi connectivity index (χ0) is 13.1. The summed E-state index contributed by atoms with van der Waals surface area (Å²) in [6, 6.07) is 2.43. The van der Waals surface area contributed by atoms with Crippen LogP contribution in [-0.2, 0) is 0 Å². The average Bonchev–Trinajstić information content (AvgIpc) is 2.73. The van der Waals surface area contributed by atoms with Gasteiger partial charge in [-0.25, -0.2) is 9.97 Å². The molecule has 4 nitrogen and oxygen atoms in total.